The molecular formula is C45H54N6O5S. The molecule has 0 bridgehead atoms. The van der Waals surface area contributed by atoms with Gasteiger partial charge in [-0.3, -0.25) is 9.59 Å². The van der Waals surface area contributed by atoms with Gasteiger partial charge in [-0.25, -0.2) is 8.42 Å². The number of hydrogen-bond acceptors (Lipinski definition) is 9. The Hall–Kier alpha value is -5.53. The monoisotopic (exact) mass is 790 g/mol. The fraction of sp³-hybridized carbons (Fsp3) is 0.378. The number of benzene rings is 4. The van der Waals surface area contributed by atoms with Crippen molar-refractivity contribution in [3.8, 4) is 34.4 Å². The molecule has 1 aliphatic heterocycles. The van der Waals surface area contributed by atoms with Crippen LogP contribution in [0.4, 0.5) is 5.69 Å². The quantitative estimate of drug-likeness (QED) is 0.107. The first-order valence-corrected chi connectivity index (χ1v) is 20.9. The average molecular weight is 791 g/mol. The van der Waals surface area contributed by atoms with Crippen molar-refractivity contribution in [1.82, 2.24) is 16.0 Å². The van der Waals surface area contributed by atoms with Crippen molar-refractivity contribution >= 4 is 27.3 Å². The number of ether oxygens (including phenoxy) is 1. The van der Waals surface area contributed by atoms with Gasteiger partial charge in [-0.05, 0) is 76.8 Å². The highest BCUT2D eigenvalue weighted by Crippen LogP contribution is 2.28. The Morgan fingerprint density at radius 1 is 0.702 bits per heavy atom. The van der Waals surface area contributed by atoms with E-state index in [4.69, 9.17) is 15.3 Å². The molecule has 0 aromatic heterocycles. The molecule has 4 aromatic rings. The van der Waals surface area contributed by atoms with Gasteiger partial charge in [-0.15, -0.1) is 0 Å². The molecular weight excluding hydrogens is 737 g/mol. The smallest absolute Gasteiger partial charge is 0.249 e. The van der Waals surface area contributed by atoms with E-state index in [1.165, 1.54) is 11.3 Å². The maximum atomic E-state index is 13.2. The fourth-order valence-corrected chi connectivity index (χ4v) is 8.22. The van der Waals surface area contributed by atoms with Crippen molar-refractivity contribution in [2.24, 2.45) is 11.8 Å². The standard InChI is InChI=1S/C24H30N4O3S.C21H24N2O2/c1-18(2)17-23(24(29)27-12-11-25)32(30,31)22-9-5-20(6-10-22)19-3-7-21(8-4-19)28-15-13-26-14-16-28;1-16(2)14-20(21(24)23-13-12-22)25-15-17-8-10-19(11-9-17)18-6-4-3-5-7-18/h3-10,18,23,26H,12-17H2,1-2H3,(H,27,29);3-11,16,20H,13-15H2,1-2H3,(H,23,24). The Bertz CT molecular complexity index is 2050. The van der Waals surface area contributed by atoms with E-state index in [1.54, 1.807) is 24.3 Å². The van der Waals surface area contributed by atoms with Gasteiger partial charge in [0.15, 0.2) is 9.84 Å². The molecule has 1 saturated heterocycles. The van der Waals surface area contributed by atoms with Crippen LogP contribution in [0.15, 0.2) is 108 Å². The van der Waals surface area contributed by atoms with Gasteiger partial charge in [0.05, 0.1) is 23.6 Å². The minimum absolute atomic E-state index is 0.00254. The van der Waals surface area contributed by atoms with Crippen molar-refractivity contribution in [3.63, 3.8) is 0 Å². The van der Waals surface area contributed by atoms with E-state index in [-0.39, 0.29) is 36.2 Å². The highest BCUT2D eigenvalue weighted by molar-refractivity contribution is 7.92. The van der Waals surface area contributed by atoms with Crippen LogP contribution in [-0.2, 0) is 30.8 Å². The molecule has 2 amide bonds. The molecule has 0 aliphatic carbocycles. The second kappa shape index (κ2) is 22.3. The summed E-state index contributed by atoms with van der Waals surface area (Å²) in [7, 11) is -3.88. The molecule has 2 unspecified atom stereocenters. The maximum Gasteiger partial charge on any atom is 0.249 e. The SMILES string of the molecule is CC(C)CC(C(=O)NCC#N)S(=O)(=O)c1ccc(-c2ccc(N3CCNCC3)cc2)cc1.CC(C)CC(OCc1ccc(-c2ccccc2)cc1)C(=O)NCC#N. The van der Waals surface area contributed by atoms with E-state index < -0.39 is 27.1 Å². The highest BCUT2D eigenvalue weighted by atomic mass is 32.2. The second-order valence-electron chi connectivity index (χ2n) is 14.7. The molecule has 2 atom stereocenters. The molecule has 300 valence electrons. The maximum absolute atomic E-state index is 13.2. The summed E-state index contributed by atoms with van der Waals surface area (Å²) in [5, 5.41) is 24.4. The predicted molar refractivity (Wildman–Crippen MR) is 225 cm³/mol. The summed E-state index contributed by atoms with van der Waals surface area (Å²) in [5.74, 6) is -0.515. The number of nitrogens with one attached hydrogen (secondary N) is 3. The first-order valence-electron chi connectivity index (χ1n) is 19.4. The van der Waals surface area contributed by atoms with Gasteiger partial charge >= 0.3 is 0 Å². The number of sulfone groups is 1. The Labute approximate surface area is 338 Å². The van der Waals surface area contributed by atoms with Crippen LogP contribution >= 0.6 is 0 Å². The molecule has 1 heterocycles. The Kier molecular flexibility index (Phi) is 17.3. The van der Waals surface area contributed by atoms with Gasteiger partial charge in [-0.2, -0.15) is 10.5 Å². The third-order valence-corrected chi connectivity index (χ3v) is 11.5. The van der Waals surface area contributed by atoms with E-state index in [2.05, 4.69) is 57.2 Å². The number of rotatable bonds is 16. The lowest BCUT2D eigenvalue weighted by Crippen LogP contribution is -2.43. The van der Waals surface area contributed by atoms with Crippen molar-refractivity contribution < 1.29 is 22.7 Å². The molecule has 1 aliphatic rings. The van der Waals surface area contributed by atoms with Gasteiger partial charge in [0.2, 0.25) is 11.8 Å². The first kappa shape index (κ1) is 44.2. The molecule has 0 radical (unpaired) electrons. The van der Waals surface area contributed by atoms with E-state index in [9.17, 15) is 18.0 Å². The number of carbonyl (C=O) groups is 2. The van der Waals surface area contributed by atoms with Gasteiger partial charge < -0.3 is 25.6 Å². The zero-order valence-corrected chi connectivity index (χ0v) is 34.1. The number of piperazine rings is 1. The highest BCUT2D eigenvalue weighted by Gasteiger charge is 2.34. The third kappa shape index (κ3) is 13.6. The van der Waals surface area contributed by atoms with E-state index in [0.717, 1.165) is 48.4 Å². The number of nitrogens with zero attached hydrogens (tertiary/aromatic N) is 3. The molecule has 0 spiro atoms. The molecule has 4 aromatic carbocycles. The van der Waals surface area contributed by atoms with Crippen molar-refractivity contribution in [2.45, 2.75) is 63.4 Å². The minimum Gasteiger partial charge on any atom is -0.369 e. The number of hydrogen-bond donors (Lipinski definition) is 3. The van der Waals surface area contributed by atoms with Crippen LogP contribution in [0.5, 0.6) is 0 Å². The molecule has 12 heteroatoms. The summed E-state index contributed by atoms with van der Waals surface area (Å²) in [6.07, 6.45) is 0.274. The Morgan fingerprint density at radius 2 is 1.19 bits per heavy atom. The number of anilines is 1. The van der Waals surface area contributed by atoms with Crippen LogP contribution in [0.2, 0.25) is 0 Å². The molecule has 1 fully saturated rings. The number of carbonyl (C=O) groups excluding carboxylic acids is 2. The van der Waals surface area contributed by atoms with Crippen LogP contribution in [0.3, 0.4) is 0 Å². The first-order chi connectivity index (χ1) is 27.4. The predicted octanol–water partition coefficient (Wildman–Crippen LogP) is 6.52. The lowest BCUT2D eigenvalue weighted by Gasteiger charge is -2.29. The summed E-state index contributed by atoms with van der Waals surface area (Å²) in [4.78, 5) is 27.0. The third-order valence-electron chi connectivity index (χ3n) is 9.39. The summed E-state index contributed by atoms with van der Waals surface area (Å²) >= 11 is 0. The molecule has 5 rings (SSSR count). The van der Waals surface area contributed by atoms with Crippen LogP contribution in [-0.4, -0.2) is 70.9 Å². The topological polar surface area (TPSA) is 164 Å². The number of nitriles is 2. The minimum atomic E-state index is -3.88. The van der Waals surface area contributed by atoms with Crippen molar-refractivity contribution in [1.29, 1.82) is 10.5 Å². The van der Waals surface area contributed by atoms with Crippen LogP contribution in [0, 0.1) is 34.5 Å². The van der Waals surface area contributed by atoms with Gasteiger partial charge in [0.1, 0.15) is 24.4 Å². The van der Waals surface area contributed by atoms with Gasteiger partial charge in [0, 0.05) is 31.9 Å². The van der Waals surface area contributed by atoms with Gasteiger partial charge in [-0.1, -0.05) is 107 Å². The molecule has 0 saturated carbocycles. The zero-order valence-electron chi connectivity index (χ0n) is 33.3. The molecule has 57 heavy (non-hydrogen) atoms. The van der Waals surface area contributed by atoms with E-state index in [0.29, 0.717) is 18.9 Å². The summed E-state index contributed by atoms with van der Waals surface area (Å²) in [6.45, 7) is 11.9. The summed E-state index contributed by atoms with van der Waals surface area (Å²) < 4.78 is 32.2. The molecule has 11 nitrogen and oxygen atoms in total. The summed E-state index contributed by atoms with van der Waals surface area (Å²) in [6, 6.07) is 37.0. The average Bonchev–Trinajstić information content (AvgIpc) is 3.23. The van der Waals surface area contributed by atoms with Crippen molar-refractivity contribution in [3.05, 3.63) is 109 Å². The van der Waals surface area contributed by atoms with E-state index >= 15 is 0 Å². The Morgan fingerprint density at radius 3 is 1.72 bits per heavy atom. The van der Waals surface area contributed by atoms with Crippen LogP contribution in [0.25, 0.3) is 22.3 Å². The van der Waals surface area contributed by atoms with Crippen molar-refractivity contribution in [2.75, 3.05) is 44.2 Å². The normalized spacial score (nSPS) is 13.7. The van der Waals surface area contributed by atoms with E-state index in [1.807, 2.05) is 82.3 Å². The van der Waals surface area contributed by atoms with Gasteiger partial charge in [0.25, 0.3) is 0 Å². The van der Waals surface area contributed by atoms with Crippen LogP contribution < -0.4 is 20.9 Å². The fourth-order valence-electron chi connectivity index (χ4n) is 6.37. The Balaban J connectivity index is 0.000000261. The molecule has 3 N–H and O–H groups in total. The lowest BCUT2D eigenvalue weighted by molar-refractivity contribution is -0.134. The largest absolute Gasteiger partial charge is 0.369 e. The number of amides is 2. The summed E-state index contributed by atoms with van der Waals surface area (Å²) in [5.41, 5.74) is 6.41. The second-order valence-corrected chi connectivity index (χ2v) is 16.8. The zero-order chi connectivity index (χ0) is 41.2. The van der Waals surface area contributed by atoms with Crippen LogP contribution in [0.1, 0.15) is 46.1 Å². The lowest BCUT2D eigenvalue weighted by atomic mass is 10.0.